The molecular formula is C5H5BrN2O3. The summed E-state index contributed by atoms with van der Waals surface area (Å²) in [5, 5.41) is 17.6. The summed E-state index contributed by atoms with van der Waals surface area (Å²) in [6, 6.07) is 1.25. The molecule has 0 aliphatic carbocycles. The van der Waals surface area contributed by atoms with Crippen LogP contribution in [-0.4, -0.2) is 10.2 Å². The monoisotopic (exact) mass is 220 g/mol. The molecule has 1 aromatic rings. The number of aromatic amines is 1. The first-order chi connectivity index (χ1) is 5.11. The molecule has 0 amide bonds. The molecule has 0 aromatic carbocycles. The standard InChI is InChI=1S/C5H5BrN2O3/c6-3-1-4(8(10)11)5(9)7-2-3/h1-2,8,10H,(H,7,9). The second kappa shape index (κ2) is 3.14. The number of nitrogens with one attached hydrogen (secondary N) is 2. The Morgan fingerprint density at radius 3 is 2.82 bits per heavy atom. The van der Waals surface area contributed by atoms with Crippen molar-refractivity contribution in [1.29, 1.82) is 0 Å². The highest BCUT2D eigenvalue weighted by Gasteiger charge is 2.05. The number of pyridine rings is 1. The lowest BCUT2D eigenvalue weighted by molar-refractivity contribution is -0.991. The van der Waals surface area contributed by atoms with Crippen LogP contribution < -0.4 is 10.8 Å². The molecule has 1 heterocycles. The van der Waals surface area contributed by atoms with Crippen molar-refractivity contribution < 1.29 is 10.4 Å². The first-order valence-electron chi connectivity index (χ1n) is 2.73. The normalized spacial score (nSPS) is 13.0. The Balaban J connectivity index is 3.24. The van der Waals surface area contributed by atoms with E-state index in [1.165, 1.54) is 12.3 Å². The van der Waals surface area contributed by atoms with E-state index in [-0.39, 0.29) is 5.69 Å². The highest BCUT2D eigenvalue weighted by atomic mass is 79.9. The zero-order valence-electron chi connectivity index (χ0n) is 5.30. The van der Waals surface area contributed by atoms with Crippen molar-refractivity contribution in [3.05, 3.63) is 32.3 Å². The number of H-pyrrole nitrogens is 1. The van der Waals surface area contributed by atoms with E-state index in [1.807, 2.05) is 0 Å². The number of halogens is 1. The largest absolute Gasteiger partial charge is 0.595 e. The topological polar surface area (TPSA) is 80.6 Å². The summed E-state index contributed by atoms with van der Waals surface area (Å²) in [6.07, 6.45) is 1.38. The quantitative estimate of drug-likeness (QED) is 0.561. The van der Waals surface area contributed by atoms with Gasteiger partial charge in [0.1, 0.15) is 0 Å². The fourth-order valence-corrected chi connectivity index (χ4v) is 0.960. The van der Waals surface area contributed by atoms with E-state index in [9.17, 15) is 10.0 Å². The molecule has 0 saturated heterocycles. The predicted molar refractivity (Wildman–Crippen MR) is 40.5 cm³/mol. The smallest absolute Gasteiger partial charge is 0.312 e. The van der Waals surface area contributed by atoms with Crippen molar-refractivity contribution in [3.8, 4) is 0 Å². The van der Waals surface area contributed by atoms with Crippen molar-refractivity contribution in [1.82, 2.24) is 4.98 Å². The minimum absolute atomic E-state index is 0.264. The van der Waals surface area contributed by atoms with Gasteiger partial charge in [-0.1, -0.05) is 0 Å². The van der Waals surface area contributed by atoms with E-state index in [4.69, 9.17) is 5.21 Å². The number of aromatic nitrogens is 1. The maximum Gasteiger partial charge on any atom is 0.312 e. The molecule has 6 heteroatoms. The highest BCUT2D eigenvalue weighted by Crippen LogP contribution is 2.06. The molecule has 1 aromatic heterocycles. The van der Waals surface area contributed by atoms with Gasteiger partial charge in [-0.2, -0.15) is 5.23 Å². The fourth-order valence-electron chi connectivity index (χ4n) is 0.616. The van der Waals surface area contributed by atoms with Crippen molar-refractivity contribution in [2.75, 3.05) is 0 Å². The van der Waals surface area contributed by atoms with Crippen molar-refractivity contribution in [2.45, 2.75) is 0 Å². The van der Waals surface area contributed by atoms with Crippen LogP contribution in [0, 0.1) is 5.21 Å². The average molecular weight is 221 g/mol. The highest BCUT2D eigenvalue weighted by molar-refractivity contribution is 9.10. The molecule has 0 spiro atoms. The summed E-state index contributed by atoms with van der Waals surface area (Å²) >= 11 is 3.03. The lowest BCUT2D eigenvalue weighted by Gasteiger charge is -2.09. The Labute approximate surface area is 69.9 Å². The van der Waals surface area contributed by atoms with E-state index in [0.29, 0.717) is 4.47 Å². The minimum atomic E-state index is -1.23. The molecular weight excluding hydrogens is 216 g/mol. The number of hydrogen-bond acceptors (Lipinski definition) is 3. The third kappa shape index (κ3) is 1.87. The molecule has 0 bridgehead atoms. The summed E-state index contributed by atoms with van der Waals surface area (Å²) in [7, 11) is 0. The molecule has 11 heavy (non-hydrogen) atoms. The van der Waals surface area contributed by atoms with Gasteiger partial charge in [0.15, 0.2) is 0 Å². The van der Waals surface area contributed by atoms with Gasteiger partial charge in [0, 0.05) is 16.7 Å². The third-order valence-corrected chi connectivity index (χ3v) is 1.56. The summed E-state index contributed by atoms with van der Waals surface area (Å²) in [6.45, 7) is 0. The van der Waals surface area contributed by atoms with Crippen molar-refractivity contribution in [2.24, 2.45) is 0 Å². The van der Waals surface area contributed by atoms with Gasteiger partial charge in [0.25, 0.3) is 0 Å². The van der Waals surface area contributed by atoms with E-state index in [2.05, 4.69) is 20.9 Å². The van der Waals surface area contributed by atoms with Crippen LogP contribution in [-0.2, 0) is 0 Å². The molecule has 1 rings (SSSR count). The van der Waals surface area contributed by atoms with Crippen LogP contribution in [0.5, 0.6) is 0 Å². The molecule has 5 nitrogen and oxygen atoms in total. The SMILES string of the molecule is O=c1[nH]cc(Br)cc1[NH+]([O-])O. The Morgan fingerprint density at radius 2 is 2.36 bits per heavy atom. The summed E-state index contributed by atoms with van der Waals surface area (Å²) < 4.78 is 0.537. The molecule has 0 aliphatic rings. The number of hydrogen-bond donors (Lipinski definition) is 3. The van der Waals surface area contributed by atoms with Gasteiger partial charge in [-0.15, -0.1) is 0 Å². The molecule has 0 aliphatic heterocycles. The van der Waals surface area contributed by atoms with Gasteiger partial charge in [0.05, 0.1) is 0 Å². The fraction of sp³-hybridized carbons (Fsp3) is 0. The Kier molecular flexibility index (Phi) is 2.40. The summed E-state index contributed by atoms with van der Waals surface area (Å²) in [4.78, 5) is 13.0. The molecule has 1 atom stereocenters. The van der Waals surface area contributed by atoms with E-state index >= 15 is 0 Å². The van der Waals surface area contributed by atoms with Crippen LogP contribution in [0.15, 0.2) is 21.5 Å². The Morgan fingerprint density at radius 1 is 1.73 bits per heavy atom. The van der Waals surface area contributed by atoms with E-state index < -0.39 is 10.8 Å². The lowest BCUT2D eigenvalue weighted by atomic mass is 10.4. The van der Waals surface area contributed by atoms with Gasteiger partial charge in [-0.05, 0) is 15.9 Å². The molecule has 0 saturated carbocycles. The molecule has 0 radical (unpaired) electrons. The van der Waals surface area contributed by atoms with Crippen LogP contribution in [0.1, 0.15) is 0 Å². The van der Waals surface area contributed by atoms with Gasteiger partial charge in [0.2, 0.25) is 5.69 Å². The first kappa shape index (κ1) is 8.41. The van der Waals surface area contributed by atoms with Crippen LogP contribution in [0.2, 0.25) is 0 Å². The molecule has 0 fully saturated rings. The minimum Gasteiger partial charge on any atom is -0.595 e. The van der Waals surface area contributed by atoms with Gasteiger partial charge in [-0.3, -0.25) is 4.79 Å². The Hall–Kier alpha value is -0.690. The second-order valence-corrected chi connectivity index (χ2v) is 2.78. The first-order valence-corrected chi connectivity index (χ1v) is 3.52. The maximum atomic E-state index is 10.8. The van der Waals surface area contributed by atoms with Gasteiger partial charge in [-0.25, -0.2) is 5.21 Å². The number of quaternary nitrogens is 1. The molecule has 60 valence electrons. The number of rotatable bonds is 1. The van der Waals surface area contributed by atoms with Crippen LogP contribution in [0.3, 0.4) is 0 Å². The van der Waals surface area contributed by atoms with E-state index in [1.54, 1.807) is 0 Å². The second-order valence-electron chi connectivity index (χ2n) is 1.87. The maximum absolute atomic E-state index is 10.8. The third-order valence-electron chi connectivity index (χ3n) is 1.10. The average Bonchev–Trinajstić information content (AvgIpc) is 1.94. The van der Waals surface area contributed by atoms with E-state index in [0.717, 1.165) is 0 Å². The molecule has 1 unspecified atom stereocenters. The zero-order chi connectivity index (χ0) is 8.43. The van der Waals surface area contributed by atoms with Crippen LogP contribution in [0.4, 0.5) is 5.69 Å². The van der Waals surface area contributed by atoms with Crippen molar-refractivity contribution >= 4 is 21.6 Å². The summed E-state index contributed by atoms with van der Waals surface area (Å²) in [5.74, 6) is 0. The molecule has 3 N–H and O–H groups in total. The predicted octanol–water partition coefficient (Wildman–Crippen LogP) is -0.459. The van der Waals surface area contributed by atoms with Crippen LogP contribution >= 0.6 is 15.9 Å². The van der Waals surface area contributed by atoms with Crippen LogP contribution in [0.25, 0.3) is 0 Å². The lowest BCUT2D eigenvalue weighted by Crippen LogP contribution is -3.00. The Bertz CT molecular complexity index is 309. The van der Waals surface area contributed by atoms with Gasteiger partial charge < -0.3 is 10.2 Å². The summed E-state index contributed by atoms with van der Waals surface area (Å²) in [5.41, 5.74) is -0.861. The van der Waals surface area contributed by atoms with Crippen molar-refractivity contribution in [3.63, 3.8) is 0 Å². The van der Waals surface area contributed by atoms with Gasteiger partial charge >= 0.3 is 5.56 Å². The zero-order valence-corrected chi connectivity index (χ0v) is 6.88.